The fraction of sp³-hybridized carbons (Fsp3) is 0.353. The first kappa shape index (κ1) is 14.4. The third-order valence-corrected chi connectivity index (χ3v) is 3.05. The van der Waals surface area contributed by atoms with E-state index in [4.69, 9.17) is 0 Å². The molecular formula is C17H22N2O. The van der Waals surface area contributed by atoms with Crippen molar-refractivity contribution in [3.05, 3.63) is 42.5 Å². The second kappa shape index (κ2) is 5.53. The molecule has 0 bridgehead atoms. The van der Waals surface area contributed by atoms with Gasteiger partial charge in [-0.2, -0.15) is 0 Å². The predicted molar refractivity (Wildman–Crippen MR) is 84.9 cm³/mol. The van der Waals surface area contributed by atoms with E-state index in [1.165, 1.54) is 5.39 Å². The van der Waals surface area contributed by atoms with E-state index >= 15 is 0 Å². The molecule has 2 aromatic carbocycles. The normalized spacial score (nSPS) is 13.0. The van der Waals surface area contributed by atoms with Crippen molar-refractivity contribution in [2.24, 2.45) is 0 Å². The van der Waals surface area contributed by atoms with Gasteiger partial charge in [-0.25, -0.2) is 0 Å². The molecule has 0 heterocycles. The fourth-order valence-corrected chi connectivity index (χ4v) is 2.13. The molecule has 0 spiro atoms. The average Bonchev–Trinajstić information content (AvgIpc) is 2.37. The van der Waals surface area contributed by atoms with Gasteiger partial charge in [-0.1, -0.05) is 36.4 Å². The van der Waals surface area contributed by atoms with Crippen molar-refractivity contribution in [1.29, 1.82) is 0 Å². The monoisotopic (exact) mass is 270 g/mol. The molecule has 0 aromatic heterocycles. The van der Waals surface area contributed by atoms with Gasteiger partial charge in [0.25, 0.3) is 0 Å². The van der Waals surface area contributed by atoms with Gasteiger partial charge in [0, 0.05) is 16.6 Å². The van der Waals surface area contributed by atoms with Crippen molar-refractivity contribution in [2.75, 3.05) is 5.32 Å². The number of carbonyl (C=O) groups is 1. The van der Waals surface area contributed by atoms with Crippen molar-refractivity contribution in [3.63, 3.8) is 0 Å². The van der Waals surface area contributed by atoms with E-state index in [1.807, 2.05) is 52.0 Å². The van der Waals surface area contributed by atoms with Crippen LogP contribution >= 0.6 is 0 Å². The SMILES string of the molecule is CC(Nc1cccc2ccccc12)C(=O)NC(C)(C)C. The maximum atomic E-state index is 12.1. The van der Waals surface area contributed by atoms with E-state index in [-0.39, 0.29) is 17.5 Å². The molecule has 2 aromatic rings. The first-order valence-corrected chi connectivity index (χ1v) is 6.93. The molecule has 0 fully saturated rings. The summed E-state index contributed by atoms with van der Waals surface area (Å²) in [5, 5.41) is 8.58. The van der Waals surface area contributed by atoms with Crippen molar-refractivity contribution in [3.8, 4) is 0 Å². The summed E-state index contributed by atoms with van der Waals surface area (Å²) in [6, 6.07) is 13.9. The summed E-state index contributed by atoms with van der Waals surface area (Å²) in [5.41, 5.74) is 0.769. The van der Waals surface area contributed by atoms with Crippen LogP contribution in [-0.2, 0) is 4.79 Å². The summed E-state index contributed by atoms with van der Waals surface area (Å²) < 4.78 is 0. The average molecular weight is 270 g/mol. The van der Waals surface area contributed by atoms with Gasteiger partial charge >= 0.3 is 0 Å². The highest BCUT2D eigenvalue weighted by Crippen LogP contribution is 2.23. The van der Waals surface area contributed by atoms with Crippen LogP contribution in [0, 0.1) is 0 Å². The second-order valence-corrected chi connectivity index (χ2v) is 6.13. The molecule has 1 unspecified atom stereocenters. The molecule has 0 aliphatic carbocycles. The van der Waals surface area contributed by atoms with Crippen molar-refractivity contribution in [2.45, 2.75) is 39.3 Å². The van der Waals surface area contributed by atoms with Crippen LogP contribution in [0.5, 0.6) is 0 Å². The van der Waals surface area contributed by atoms with Crippen LogP contribution < -0.4 is 10.6 Å². The van der Waals surface area contributed by atoms with Crippen LogP contribution in [0.2, 0.25) is 0 Å². The summed E-state index contributed by atoms with van der Waals surface area (Å²) in [6.45, 7) is 7.82. The van der Waals surface area contributed by atoms with Gasteiger partial charge in [-0.05, 0) is 39.1 Å². The number of anilines is 1. The number of hydrogen-bond acceptors (Lipinski definition) is 2. The number of benzene rings is 2. The van der Waals surface area contributed by atoms with Crippen LogP contribution in [0.1, 0.15) is 27.7 Å². The zero-order chi connectivity index (χ0) is 14.8. The molecule has 0 saturated heterocycles. The largest absolute Gasteiger partial charge is 0.373 e. The molecule has 0 radical (unpaired) electrons. The Labute approximate surface area is 120 Å². The molecule has 0 aliphatic heterocycles. The molecule has 106 valence electrons. The number of fused-ring (bicyclic) bond motifs is 1. The maximum absolute atomic E-state index is 12.1. The summed E-state index contributed by atoms with van der Waals surface area (Å²) in [5.74, 6) is 0.00503. The zero-order valence-electron chi connectivity index (χ0n) is 12.5. The van der Waals surface area contributed by atoms with Crippen LogP contribution in [0.4, 0.5) is 5.69 Å². The summed E-state index contributed by atoms with van der Waals surface area (Å²) >= 11 is 0. The number of rotatable bonds is 3. The Morgan fingerprint density at radius 1 is 1.05 bits per heavy atom. The molecule has 3 heteroatoms. The molecule has 2 rings (SSSR count). The number of nitrogens with one attached hydrogen (secondary N) is 2. The Morgan fingerprint density at radius 3 is 2.40 bits per heavy atom. The van der Waals surface area contributed by atoms with E-state index in [1.54, 1.807) is 0 Å². The number of hydrogen-bond donors (Lipinski definition) is 2. The Hall–Kier alpha value is -2.03. The standard InChI is InChI=1S/C17H22N2O/c1-12(16(20)19-17(2,3)4)18-15-11-7-9-13-8-5-6-10-14(13)15/h5-12,18H,1-4H3,(H,19,20). The smallest absolute Gasteiger partial charge is 0.242 e. The third-order valence-electron chi connectivity index (χ3n) is 3.05. The fourth-order valence-electron chi connectivity index (χ4n) is 2.13. The lowest BCUT2D eigenvalue weighted by molar-refractivity contribution is -0.122. The van der Waals surface area contributed by atoms with Crippen molar-refractivity contribution in [1.82, 2.24) is 5.32 Å². The molecule has 20 heavy (non-hydrogen) atoms. The Balaban J connectivity index is 2.18. The molecule has 1 atom stereocenters. The lowest BCUT2D eigenvalue weighted by atomic mass is 10.1. The molecule has 3 nitrogen and oxygen atoms in total. The van der Waals surface area contributed by atoms with Crippen molar-refractivity contribution < 1.29 is 4.79 Å². The number of carbonyl (C=O) groups excluding carboxylic acids is 1. The molecular weight excluding hydrogens is 248 g/mol. The molecule has 2 N–H and O–H groups in total. The molecule has 1 amide bonds. The Kier molecular flexibility index (Phi) is 3.98. The van der Waals surface area contributed by atoms with Gasteiger partial charge in [0.15, 0.2) is 0 Å². The Morgan fingerprint density at radius 2 is 1.70 bits per heavy atom. The van der Waals surface area contributed by atoms with Gasteiger partial charge in [0.05, 0.1) is 0 Å². The van der Waals surface area contributed by atoms with Crippen LogP contribution in [0.25, 0.3) is 10.8 Å². The van der Waals surface area contributed by atoms with Gasteiger partial charge in [-0.3, -0.25) is 4.79 Å². The highest BCUT2D eigenvalue weighted by atomic mass is 16.2. The summed E-state index contributed by atoms with van der Waals surface area (Å²) in [4.78, 5) is 12.1. The summed E-state index contributed by atoms with van der Waals surface area (Å²) in [7, 11) is 0. The third kappa shape index (κ3) is 3.50. The van der Waals surface area contributed by atoms with Gasteiger partial charge < -0.3 is 10.6 Å². The number of amides is 1. The van der Waals surface area contributed by atoms with E-state index < -0.39 is 0 Å². The minimum atomic E-state index is -0.278. The van der Waals surface area contributed by atoms with E-state index in [0.29, 0.717) is 0 Å². The van der Waals surface area contributed by atoms with Crippen molar-refractivity contribution >= 4 is 22.4 Å². The Bertz CT molecular complexity index is 608. The van der Waals surface area contributed by atoms with E-state index in [0.717, 1.165) is 11.1 Å². The minimum absolute atomic E-state index is 0.00503. The summed E-state index contributed by atoms with van der Waals surface area (Å²) in [6.07, 6.45) is 0. The first-order chi connectivity index (χ1) is 9.37. The first-order valence-electron chi connectivity index (χ1n) is 6.93. The van der Waals surface area contributed by atoms with Crippen LogP contribution in [-0.4, -0.2) is 17.5 Å². The van der Waals surface area contributed by atoms with E-state index in [9.17, 15) is 4.79 Å². The zero-order valence-corrected chi connectivity index (χ0v) is 12.5. The molecule has 0 aliphatic rings. The highest BCUT2D eigenvalue weighted by Gasteiger charge is 2.19. The van der Waals surface area contributed by atoms with Crippen LogP contribution in [0.15, 0.2) is 42.5 Å². The van der Waals surface area contributed by atoms with E-state index in [2.05, 4.69) is 28.8 Å². The molecule has 0 saturated carbocycles. The quantitative estimate of drug-likeness (QED) is 0.895. The lowest BCUT2D eigenvalue weighted by Crippen LogP contribution is -2.47. The second-order valence-electron chi connectivity index (χ2n) is 6.13. The van der Waals surface area contributed by atoms with Crippen LogP contribution in [0.3, 0.4) is 0 Å². The highest BCUT2D eigenvalue weighted by molar-refractivity contribution is 5.95. The van der Waals surface area contributed by atoms with Gasteiger partial charge in [0.1, 0.15) is 6.04 Å². The van der Waals surface area contributed by atoms with Gasteiger partial charge in [0.2, 0.25) is 5.91 Å². The maximum Gasteiger partial charge on any atom is 0.242 e. The minimum Gasteiger partial charge on any atom is -0.373 e. The van der Waals surface area contributed by atoms with Gasteiger partial charge in [-0.15, -0.1) is 0 Å². The lowest BCUT2D eigenvalue weighted by Gasteiger charge is -2.24. The topological polar surface area (TPSA) is 41.1 Å². The predicted octanol–water partition coefficient (Wildman–Crippen LogP) is 3.55.